The molecule has 3 aromatic heterocycles. The predicted molar refractivity (Wildman–Crippen MR) is 93.0 cm³/mol. The molecule has 0 N–H and O–H groups in total. The summed E-state index contributed by atoms with van der Waals surface area (Å²) in [4.78, 5) is 13.6. The Kier molecular flexibility index (Phi) is 3.85. The summed E-state index contributed by atoms with van der Waals surface area (Å²) in [5.41, 5.74) is 0. The Morgan fingerprint density at radius 1 is 0.958 bits per heavy atom. The maximum Gasteiger partial charge on any atom is 0.208 e. The summed E-state index contributed by atoms with van der Waals surface area (Å²) >= 11 is 1.64. The molecule has 1 aliphatic heterocycles. The van der Waals surface area contributed by atoms with Gasteiger partial charge in [0.2, 0.25) is 5.13 Å². The van der Waals surface area contributed by atoms with Crippen LogP contribution in [0.3, 0.4) is 0 Å². The van der Waals surface area contributed by atoms with Crippen LogP contribution >= 0.6 is 11.3 Å². The summed E-state index contributed by atoms with van der Waals surface area (Å²) < 4.78 is 1.76. The molecule has 3 aromatic rings. The minimum Gasteiger partial charge on any atom is -0.353 e. The summed E-state index contributed by atoms with van der Waals surface area (Å²) in [7, 11) is 0. The van der Waals surface area contributed by atoms with Crippen molar-refractivity contribution in [2.75, 3.05) is 36.0 Å². The number of aromatic nitrogens is 6. The van der Waals surface area contributed by atoms with Gasteiger partial charge in [-0.05, 0) is 19.9 Å². The number of hydrogen-bond acceptors (Lipinski definition) is 8. The lowest BCUT2D eigenvalue weighted by atomic mass is 10.3. The van der Waals surface area contributed by atoms with Crippen LogP contribution in [0.1, 0.15) is 10.8 Å². The van der Waals surface area contributed by atoms with Crippen molar-refractivity contribution in [2.24, 2.45) is 0 Å². The lowest BCUT2D eigenvalue weighted by Crippen LogP contribution is -2.47. The molecule has 0 amide bonds. The second-order valence-corrected chi connectivity index (χ2v) is 6.82. The molecule has 24 heavy (non-hydrogen) atoms. The monoisotopic (exact) mass is 342 g/mol. The largest absolute Gasteiger partial charge is 0.353 e. The van der Waals surface area contributed by atoms with Crippen LogP contribution in [-0.2, 0) is 0 Å². The second-order valence-electron chi connectivity index (χ2n) is 5.66. The molecule has 0 spiro atoms. The maximum atomic E-state index is 4.60. The van der Waals surface area contributed by atoms with Crippen LogP contribution in [0.4, 0.5) is 10.9 Å². The Morgan fingerprint density at radius 3 is 2.38 bits per heavy atom. The van der Waals surface area contributed by atoms with Gasteiger partial charge in [-0.15, -0.1) is 10.2 Å². The van der Waals surface area contributed by atoms with Crippen LogP contribution in [0.25, 0.3) is 5.82 Å². The molecule has 0 aliphatic carbocycles. The smallest absolute Gasteiger partial charge is 0.208 e. The van der Waals surface area contributed by atoms with E-state index in [-0.39, 0.29) is 0 Å². The number of anilines is 2. The van der Waals surface area contributed by atoms with E-state index < -0.39 is 0 Å². The van der Waals surface area contributed by atoms with E-state index in [4.69, 9.17) is 0 Å². The van der Waals surface area contributed by atoms with Crippen molar-refractivity contribution in [1.82, 2.24) is 29.9 Å². The molecule has 0 radical (unpaired) electrons. The summed E-state index contributed by atoms with van der Waals surface area (Å²) in [6, 6.07) is 3.88. The van der Waals surface area contributed by atoms with Gasteiger partial charge in [0, 0.05) is 44.6 Å². The molecule has 0 aromatic carbocycles. The van der Waals surface area contributed by atoms with E-state index in [1.54, 1.807) is 22.2 Å². The summed E-state index contributed by atoms with van der Waals surface area (Å²) in [5, 5.41) is 14.6. The average Bonchev–Trinajstić information content (AvgIpc) is 3.26. The van der Waals surface area contributed by atoms with Crippen molar-refractivity contribution in [1.29, 1.82) is 0 Å². The van der Waals surface area contributed by atoms with Gasteiger partial charge in [0.1, 0.15) is 16.6 Å². The summed E-state index contributed by atoms with van der Waals surface area (Å²) in [6.07, 6.45) is 3.64. The Labute approximate surface area is 143 Å². The first-order chi connectivity index (χ1) is 11.7. The van der Waals surface area contributed by atoms with Crippen LogP contribution in [-0.4, -0.2) is 56.1 Å². The van der Waals surface area contributed by atoms with Crippen molar-refractivity contribution in [3.63, 3.8) is 0 Å². The van der Waals surface area contributed by atoms with Gasteiger partial charge in [0.15, 0.2) is 5.82 Å². The lowest BCUT2D eigenvalue weighted by molar-refractivity contribution is 0.641. The molecular weight excluding hydrogens is 324 g/mol. The second kappa shape index (κ2) is 6.16. The molecule has 0 saturated carbocycles. The molecule has 1 saturated heterocycles. The molecular formula is C15H18N8S. The Hall–Kier alpha value is -2.55. The highest BCUT2D eigenvalue weighted by atomic mass is 32.1. The molecule has 1 aliphatic rings. The van der Waals surface area contributed by atoms with Gasteiger partial charge in [0.25, 0.3) is 0 Å². The van der Waals surface area contributed by atoms with Gasteiger partial charge >= 0.3 is 0 Å². The molecule has 0 unspecified atom stereocenters. The first kappa shape index (κ1) is 15.0. The number of aryl methyl sites for hydroxylation is 2. The van der Waals surface area contributed by atoms with Crippen molar-refractivity contribution in [3.8, 4) is 5.82 Å². The van der Waals surface area contributed by atoms with E-state index >= 15 is 0 Å². The van der Waals surface area contributed by atoms with Crippen LogP contribution in [0, 0.1) is 13.8 Å². The average molecular weight is 342 g/mol. The van der Waals surface area contributed by atoms with Crippen LogP contribution in [0.5, 0.6) is 0 Å². The van der Waals surface area contributed by atoms with E-state index in [1.165, 1.54) is 0 Å². The fraction of sp³-hybridized carbons (Fsp3) is 0.400. The third-order valence-corrected chi connectivity index (χ3v) is 4.84. The number of rotatable bonds is 3. The number of hydrogen-bond donors (Lipinski definition) is 0. The van der Waals surface area contributed by atoms with Crippen molar-refractivity contribution in [2.45, 2.75) is 13.8 Å². The minimum absolute atomic E-state index is 0.750. The van der Waals surface area contributed by atoms with Gasteiger partial charge in [-0.3, -0.25) is 0 Å². The normalized spacial score (nSPS) is 15.1. The highest BCUT2D eigenvalue weighted by Gasteiger charge is 2.21. The Morgan fingerprint density at radius 2 is 1.71 bits per heavy atom. The van der Waals surface area contributed by atoms with E-state index in [2.05, 4.69) is 35.1 Å². The fourth-order valence-electron chi connectivity index (χ4n) is 2.76. The quantitative estimate of drug-likeness (QED) is 0.713. The summed E-state index contributed by atoms with van der Waals surface area (Å²) in [6.45, 7) is 7.51. The first-order valence-corrected chi connectivity index (χ1v) is 8.66. The van der Waals surface area contributed by atoms with Crippen LogP contribution in [0.2, 0.25) is 0 Å². The van der Waals surface area contributed by atoms with Crippen molar-refractivity contribution < 1.29 is 0 Å². The lowest BCUT2D eigenvalue weighted by Gasteiger charge is -2.35. The molecule has 4 rings (SSSR count). The first-order valence-electron chi connectivity index (χ1n) is 7.85. The highest BCUT2D eigenvalue weighted by molar-refractivity contribution is 7.15. The van der Waals surface area contributed by atoms with E-state index in [1.807, 2.05) is 32.2 Å². The molecule has 0 atom stereocenters. The topological polar surface area (TPSA) is 75.9 Å². The standard InChI is InChI=1S/C15H18N8S/c1-11-17-13(10-14(18-11)23-5-3-4-16-23)21-6-8-22(9-7-21)15-20-19-12(2)24-15/h3-5,10H,6-9H2,1-2H3. The number of piperazine rings is 1. The van der Waals surface area contributed by atoms with Gasteiger partial charge in [0.05, 0.1) is 0 Å². The zero-order valence-electron chi connectivity index (χ0n) is 13.6. The third kappa shape index (κ3) is 2.94. The zero-order chi connectivity index (χ0) is 16.5. The minimum atomic E-state index is 0.750. The zero-order valence-corrected chi connectivity index (χ0v) is 14.4. The predicted octanol–water partition coefficient (Wildman–Crippen LogP) is 1.46. The van der Waals surface area contributed by atoms with Crippen LogP contribution < -0.4 is 9.80 Å². The highest BCUT2D eigenvalue weighted by Crippen LogP contribution is 2.23. The molecule has 124 valence electrons. The maximum absolute atomic E-state index is 4.60. The molecule has 4 heterocycles. The Balaban J connectivity index is 1.51. The van der Waals surface area contributed by atoms with Gasteiger partial charge in [-0.2, -0.15) is 5.10 Å². The van der Waals surface area contributed by atoms with Gasteiger partial charge in [-0.25, -0.2) is 14.6 Å². The fourth-order valence-corrected chi connectivity index (χ4v) is 3.50. The van der Waals surface area contributed by atoms with Crippen molar-refractivity contribution in [3.05, 3.63) is 35.4 Å². The number of nitrogens with zero attached hydrogens (tertiary/aromatic N) is 8. The van der Waals surface area contributed by atoms with Crippen LogP contribution in [0.15, 0.2) is 24.5 Å². The van der Waals surface area contributed by atoms with Gasteiger partial charge in [-0.1, -0.05) is 11.3 Å². The SMILES string of the molecule is Cc1nc(N2CCN(c3nnc(C)s3)CC2)cc(-n2cccn2)n1. The Bertz CT molecular complexity index is 820. The molecule has 9 heteroatoms. The van der Waals surface area contributed by atoms with E-state index in [0.717, 1.165) is 53.8 Å². The molecule has 1 fully saturated rings. The van der Waals surface area contributed by atoms with Gasteiger partial charge < -0.3 is 9.80 Å². The summed E-state index contributed by atoms with van der Waals surface area (Å²) in [5.74, 6) is 2.49. The molecule has 8 nitrogen and oxygen atoms in total. The van der Waals surface area contributed by atoms with E-state index in [0.29, 0.717) is 0 Å². The molecule has 0 bridgehead atoms. The third-order valence-electron chi connectivity index (χ3n) is 3.94. The van der Waals surface area contributed by atoms with E-state index in [9.17, 15) is 0 Å². The van der Waals surface area contributed by atoms with Crippen molar-refractivity contribution >= 4 is 22.3 Å².